The van der Waals surface area contributed by atoms with Crippen molar-refractivity contribution >= 4 is 0 Å². The monoisotopic (exact) mass is 232 g/mol. The lowest BCUT2D eigenvalue weighted by Gasteiger charge is -2.51. The van der Waals surface area contributed by atoms with E-state index < -0.39 is 0 Å². The molecule has 92 valence electrons. The van der Waals surface area contributed by atoms with Crippen molar-refractivity contribution in [2.45, 2.75) is 25.0 Å². The summed E-state index contributed by atoms with van der Waals surface area (Å²) in [6, 6.07) is 11.3. The van der Waals surface area contributed by atoms with E-state index in [1.807, 2.05) is 0 Å². The van der Waals surface area contributed by atoms with Crippen LogP contribution in [0.5, 0.6) is 0 Å². The average Bonchev–Trinajstić information content (AvgIpc) is 2.27. The van der Waals surface area contributed by atoms with Crippen LogP contribution in [0.1, 0.15) is 12.5 Å². The van der Waals surface area contributed by atoms with Gasteiger partial charge in [0.2, 0.25) is 0 Å². The summed E-state index contributed by atoms with van der Waals surface area (Å²) in [6.07, 6.45) is 0. The molecule has 0 aliphatic carbocycles. The van der Waals surface area contributed by atoms with E-state index in [1.165, 1.54) is 5.56 Å². The Morgan fingerprint density at radius 2 is 2.12 bits per heavy atom. The summed E-state index contributed by atoms with van der Waals surface area (Å²) in [7, 11) is 0. The molecular weight excluding hydrogens is 212 g/mol. The van der Waals surface area contributed by atoms with Gasteiger partial charge in [0.1, 0.15) is 0 Å². The van der Waals surface area contributed by atoms with E-state index in [2.05, 4.69) is 47.5 Å². The zero-order valence-corrected chi connectivity index (χ0v) is 10.4. The molecule has 1 N–H and O–H groups in total. The standard InChI is InChI=1S/C14H20N2O/c1-12-7-16(8-13-5-3-2-4-6-13)9-14(15-12)10-17-11-14/h2-6,12,15H,7-11H2,1H3/t12-/m1/s1. The first kappa shape index (κ1) is 11.2. The lowest BCUT2D eigenvalue weighted by Crippen LogP contribution is -2.72. The topological polar surface area (TPSA) is 24.5 Å². The molecule has 1 atom stereocenters. The zero-order chi connectivity index (χ0) is 11.7. The molecule has 1 aromatic rings. The van der Waals surface area contributed by atoms with Crippen LogP contribution >= 0.6 is 0 Å². The number of ether oxygens (including phenoxy) is 1. The number of nitrogens with one attached hydrogen (secondary N) is 1. The molecule has 1 aromatic carbocycles. The zero-order valence-electron chi connectivity index (χ0n) is 10.4. The summed E-state index contributed by atoms with van der Waals surface area (Å²) in [5, 5.41) is 3.68. The fraction of sp³-hybridized carbons (Fsp3) is 0.571. The van der Waals surface area contributed by atoms with E-state index in [1.54, 1.807) is 0 Å². The highest BCUT2D eigenvalue weighted by atomic mass is 16.5. The Labute approximate surface area is 103 Å². The van der Waals surface area contributed by atoms with E-state index in [-0.39, 0.29) is 5.54 Å². The van der Waals surface area contributed by atoms with E-state index in [0.29, 0.717) is 6.04 Å². The molecule has 0 amide bonds. The summed E-state index contributed by atoms with van der Waals surface area (Å²) >= 11 is 0. The average molecular weight is 232 g/mol. The maximum atomic E-state index is 5.37. The summed E-state index contributed by atoms with van der Waals surface area (Å²) in [5.41, 5.74) is 1.63. The van der Waals surface area contributed by atoms with Gasteiger partial charge in [-0.05, 0) is 12.5 Å². The second-order valence-corrected chi connectivity index (χ2v) is 5.47. The van der Waals surface area contributed by atoms with E-state index in [0.717, 1.165) is 32.8 Å². The Hall–Kier alpha value is -0.900. The van der Waals surface area contributed by atoms with E-state index in [4.69, 9.17) is 4.74 Å². The lowest BCUT2D eigenvalue weighted by atomic mass is 9.92. The Kier molecular flexibility index (Phi) is 2.90. The second kappa shape index (κ2) is 4.41. The highest BCUT2D eigenvalue weighted by molar-refractivity contribution is 5.15. The summed E-state index contributed by atoms with van der Waals surface area (Å²) in [6.45, 7) is 7.26. The largest absolute Gasteiger partial charge is 0.377 e. The van der Waals surface area contributed by atoms with Gasteiger partial charge in [0, 0.05) is 25.7 Å². The lowest BCUT2D eigenvalue weighted by molar-refractivity contribution is -0.110. The van der Waals surface area contributed by atoms with Crippen LogP contribution in [0.3, 0.4) is 0 Å². The summed E-state index contributed by atoms with van der Waals surface area (Å²) in [4.78, 5) is 2.54. The molecule has 0 aromatic heterocycles. The molecule has 2 aliphatic rings. The van der Waals surface area contributed by atoms with Gasteiger partial charge in [0.25, 0.3) is 0 Å². The minimum atomic E-state index is 0.229. The van der Waals surface area contributed by atoms with Gasteiger partial charge in [-0.2, -0.15) is 0 Å². The van der Waals surface area contributed by atoms with Crippen molar-refractivity contribution in [3.8, 4) is 0 Å². The maximum absolute atomic E-state index is 5.37. The molecular formula is C14H20N2O. The van der Waals surface area contributed by atoms with Gasteiger partial charge in [-0.3, -0.25) is 4.90 Å². The van der Waals surface area contributed by atoms with Crippen LogP contribution in [0.25, 0.3) is 0 Å². The Morgan fingerprint density at radius 3 is 2.76 bits per heavy atom. The third-order valence-electron chi connectivity index (χ3n) is 3.62. The molecule has 0 unspecified atom stereocenters. The summed E-state index contributed by atoms with van der Waals surface area (Å²) in [5.74, 6) is 0. The van der Waals surface area contributed by atoms with Crippen LogP contribution in [0.2, 0.25) is 0 Å². The molecule has 2 fully saturated rings. The number of benzene rings is 1. The number of piperazine rings is 1. The van der Waals surface area contributed by atoms with Crippen LogP contribution in [0.4, 0.5) is 0 Å². The molecule has 0 saturated carbocycles. The molecule has 3 heteroatoms. The molecule has 2 saturated heterocycles. The van der Waals surface area contributed by atoms with Crippen LogP contribution in [0, 0.1) is 0 Å². The number of nitrogens with zero attached hydrogens (tertiary/aromatic N) is 1. The first-order valence-corrected chi connectivity index (χ1v) is 6.38. The molecule has 1 spiro atoms. The first-order valence-electron chi connectivity index (χ1n) is 6.38. The predicted octanol–water partition coefficient (Wildman–Crippen LogP) is 1.25. The normalized spacial score (nSPS) is 27.9. The second-order valence-electron chi connectivity index (χ2n) is 5.47. The van der Waals surface area contributed by atoms with Crippen molar-refractivity contribution in [2.75, 3.05) is 26.3 Å². The number of hydrogen-bond donors (Lipinski definition) is 1. The SMILES string of the molecule is C[C@@H]1CN(Cc2ccccc2)CC2(COC2)N1. The maximum Gasteiger partial charge on any atom is 0.0784 e. The van der Waals surface area contributed by atoms with Crippen molar-refractivity contribution in [1.29, 1.82) is 0 Å². The smallest absolute Gasteiger partial charge is 0.0784 e. The third kappa shape index (κ3) is 2.37. The Bertz CT molecular complexity index is 375. The van der Waals surface area contributed by atoms with E-state index >= 15 is 0 Å². The predicted molar refractivity (Wildman–Crippen MR) is 67.9 cm³/mol. The van der Waals surface area contributed by atoms with Crippen molar-refractivity contribution in [3.05, 3.63) is 35.9 Å². The molecule has 3 rings (SSSR count). The summed E-state index contributed by atoms with van der Waals surface area (Å²) < 4.78 is 5.37. The van der Waals surface area contributed by atoms with Gasteiger partial charge < -0.3 is 10.1 Å². The molecule has 0 bridgehead atoms. The van der Waals surface area contributed by atoms with Crippen molar-refractivity contribution < 1.29 is 4.74 Å². The minimum Gasteiger partial charge on any atom is -0.377 e. The number of rotatable bonds is 2. The molecule has 17 heavy (non-hydrogen) atoms. The van der Waals surface area contributed by atoms with Crippen LogP contribution in [-0.4, -0.2) is 42.8 Å². The highest BCUT2D eigenvalue weighted by Gasteiger charge is 2.43. The fourth-order valence-electron chi connectivity index (χ4n) is 2.98. The Morgan fingerprint density at radius 1 is 1.35 bits per heavy atom. The molecule has 3 nitrogen and oxygen atoms in total. The van der Waals surface area contributed by atoms with Gasteiger partial charge in [0.15, 0.2) is 0 Å². The highest BCUT2D eigenvalue weighted by Crippen LogP contribution is 2.24. The molecule has 2 heterocycles. The van der Waals surface area contributed by atoms with Crippen molar-refractivity contribution in [2.24, 2.45) is 0 Å². The van der Waals surface area contributed by atoms with Gasteiger partial charge >= 0.3 is 0 Å². The van der Waals surface area contributed by atoms with Gasteiger partial charge in [-0.15, -0.1) is 0 Å². The first-order chi connectivity index (χ1) is 8.26. The number of hydrogen-bond acceptors (Lipinski definition) is 3. The van der Waals surface area contributed by atoms with Gasteiger partial charge in [0.05, 0.1) is 18.8 Å². The molecule has 2 aliphatic heterocycles. The van der Waals surface area contributed by atoms with Crippen LogP contribution in [0.15, 0.2) is 30.3 Å². The van der Waals surface area contributed by atoms with Gasteiger partial charge in [-0.1, -0.05) is 30.3 Å². The van der Waals surface area contributed by atoms with Crippen molar-refractivity contribution in [3.63, 3.8) is 0 Å². The quantitative estimate of drug-likeness (QED) is 0.830. The van der Waals surface area contributed by atoms with E-state index in [9.17, 15) is 0 Å². The van der Waals surface area contributed by atoms with Crippen molar-refractivity contribution in [1.82, 2.24) is 10.2 Å². The fourth-order valence-corrected chi connectivity index (χ4v) is 2.98. The molecule has 0 radical (unpaired) electrons. The third-order valence-corrected chi connectivity index (χ3v) is 3.62. The van der Waals surface area contributed by atoms with Crippen LogP contribution in [-0.2, 0) is 11.3 Å². The van der Waals surface area contributed by atoms with Crippen LogP contribution < -0.4 is 5.32 Å². The van der Waals surface area contributed by atoms with Gasteiger partial charge in [-0.25, -0.2) is 0 Å². The Balaban J connectivity index is 1.67. The minimum absolute atomic E-state index is 0.229.